The summed E-state index contributed by atoms with van der Waals surface area (Å²) in [6.07, 6.45) is 4.50. The molecule has 0 spiro atoms. The van der Waals surface area contributed by atoms with Crippen LogP contribution >= 0.6 is 14.1 Å². The minimum atomic E-state index is -0.282. The zero-order chi connectivity index (χ0) is 5.11. The second kappa shape index (κ2) is 5.77. The summed E-state index contributed by atoms with van der Waals surface area (Å²) in [5.74, 6) is 0. The Labute approximate surface area is 86.2 Å². The van der Waals surface area contributed by atoms with Crippen molar-refractivity contribution in [2.45, 2.75) is 29.8 Å². The molecule has 0 N–H and O–H groups in total. The van der Waals surface area contributed by atoms with Crippen molar-refractivity contribution < 1.29 is 31.0 Å². The fourth-order valence-corrected chi connectivity index (χ4v) is 4.75. The van der Waals surface area contributed by atoms with Gasteiger partial charge < -0.3 is 1.43 Å². The Kier molecular flexibility index (Phi) is 7.22. The van der Waals surface area contributed by atoms with E-state index in [-0.39, 0.29) is 43.3 Å². The average molecular weight is 201 g/mol. The van der Waals surface area contributed by atoms with Gasteiger partial charge in [0.2, 0.25) is 0 Å². The summed E-state index contributed by atoms with van der Waals surface area (Å²) in [5.41, 5.74) is 0. The van der Waals surface area contributed by atoms with E-state index >= 15 is 0 Å². The van der Waals surface area contributed by atoms with Gasteiger partial charge in [0, 0.05) is 0 Å². The summed E-state index contributed by atoms with van der Waals surface area (Å²) in [5, 5.41) is 3.08. The van der Waals surface area contributed by atoms with Gasteiger partial charge in [-0.1, -0.05) is 29.8 Å². The van der Waals surface area contributed by atoms with E-state index in [1.807, 2.05) is 0 Å². The molecule has 1 rings (SSSR count). The number of hydrogen-bond donors (Lipinski definition) is 0. The van der Waals surface area contributed by atoms with E-state index in [1.165, 1.54) is 19.3 Å². The molecule has 1 aliphatic rings. The maximum atomic E-state index is 3.73. The summed E-state index contributed by atoms with van der Waals surface area (Å²) in [4.78, 5) is 0. The van der Waals surface area contributed by atoms with E-state index in [9.17, 15) is 0 Å². The normalized spacial score (nSPS) is 19.9. The average Bonchev–Trinajstić information content (AvgIpc) is 1.69. The van der Waals surface area contributed by atoms with Crippen molar-refractivity contribution >= 4 is 26.4 Å². The van der Waals surface area contributed by atoms with Crippen LogP contribution in [0.2, 0.25) is 10.6 Å². The van der Waals surface area contributed by atoms with Crippen LogP contribution in [0.1, 0.15) is 20.7 Å². The van der Waals surface area contributed by atoms with Gasteiger partial charge >= 0.3 is 41.9 Å². The van der Waals surface area contributed by atoms with Crippen LogP contribution in [-0.4, -0.2) is 12.3 Å². The molecule has 0 bridgehead atoms. The Balaban J connectivity index is 0. The Morgan fingerprint density at radius 2 is 1.62 bits per heavy atom. The van der Waals surface area contributed by atoms with Crippen molar-refractivity contribution in [1.29, 1.82) is 0 Å². The van der Waals surface area contributed by atoms with Gasteiger partial charge in [0.05, 0.1) is 0 Å². The minimum absolute atomic E-state index is 0. The molecule has 0 aromatic heterocycles. The molecule has 3 heteroatoms. The molecular weight excluding hydrogens is 190 g/mol. The first-order valence-corrected chi connectivity index (χ1v) is 7.85. The smallest absolute Gasteiger partial charge is 1.00 e. The van der Waals surface area contributed by atoms with Crippen molar-refractivity contribution in [3.63, 3.8) is 0 Å². The fraction of sp³-hybridized carbons (Fsp3) is 1.00. The van der Waals surface area contributed by atoms with Gasteiger partial charge in [-0.3, -0.25) is 0 Å². The molecule has 0 radical (unpaired) electrons. The first-order valence-electron chi connectivity index (χ1n) is 3.03. The molecular formula is C5H11AlBrNa. The van der Waals surface area contributed by atoms with E-state index in [2.05, 4.69) is 14.1 Å². The summed E-state index contributed by atoms with van der Waals surface area (Å²) < 4.78 is 0. The van der Waals surface area contributed by atoms with Crippen LogP contribution in [0.25, 0.3) is 0 Å². The van der Waals surface area contributed by atoms with Crippen LogP contribution < -0.4 is 29.6 Å². The predicted molar refractivity (Wildman–Crippen MR) is 39.3 cm³/mol. The monoisotopic (exact) mass is 200 g/mol. The Hall–Kier alpha value is 2.01. The molecule has 0 unspecified atom stereocenters. The summed E-state index contributed by atoms with van der Waals surface area (Å²) in [6, 6.07) is 0. The maximum Gasteiger partial charge on any atom is 1.00 e. The molecule has 0 atom stereocenters. The molecule has 1 heterocycles. The van der Waals surface area contributed by atoms with E-state index in [4.69, 9.17) is 0 Å². The molecule has 1 saturated heterocycles. The number of rotatable bonds is 0. The topological polar surface area (TPSA) is 0 Å². The number of hydrogen-bond acceptors (Lipinski definition) is 0. The quantitative estimate of drug-likeness (QED) is 0.471. The van der Waals surface area contributed by atoms with Crippen LogP contribution in [0.5, 0.6) is 0 Å². The molecule has 0 amide bonds. The van der Waals surface area contributed by atoms with Gasteiger partial charge in [-0.15, -0.1) is 0 Å². The zero-order valence-electron chi connectivity index (χ0n) is 6.49. The SMILES string of the molecule is [Br][Al]1[CH2]CCC[CH2]1.[H-].[Na+]. The molecule has 42 valence electrons. The van der Waals surface area contributed by atoms with Crippen molar-refractivity contribution in [3.05, 3.63) is 0 Å². The largest absolute Gasteiger partial charge is 1.00 e. The van der Waals surface area contributed by atoms with Gasteiger partial charge in [-0.2, -0.15) is 0 Å². The van der Waals surface area contributed by atoms with Gasteiger partial charge in [-0.05, 0) is 0 Å². The standard InChI is InChI=1S/C5H10.Al.BrH.Na.H/c1-3-5-4-2;;;;/h1-5H2;;1H;;/q;+1;;+1;-1/p-1. The van der Waals surface area contributed by atoms with Crippen molar-refractivity contribution in [3.8, 4) is 0 Å². The van der Waals surface area contributed by atoms with E-state index in [1.54, 1.807) is 10.6 Å². The van der Waals surface area contributed by atoms with Crippen LogP contribution in [0.4, 0.5) is 0 Å². The molecule has 1 fully saturated rings. The summed E-state index contributed by atoms with van der Waals surface area (Å²) in [6.45, 7) is 0. The second-order valence-corrected chi connectivity index (χ2v) is 8.47. The Morgan fingerprint density at radius 3 is 1.88 bits per heavy atom. The summed E-state index contributed by atoms with van der Waals surface area (Å²) in [7, 11) is 0. The van der Waals surface area contributed by atoms with E-state index in [0.717, 1.165) is 0 Å². The first-order chi connectivity index (χ1) is 3.39. The number of halogens is 1. The van der Waals surface area contributed by atoms with Gasteiger partial charge in [-0.25, -0.2) is 14.1 Å². The van der Waals surface area contributed by atoms with E-state index < -0.39 is 0 Å². The second-order valence-electron chi connectivity index (χ2n) is 2.24. The van der Waals surface area contributed by atoms with Crippen molar-refractivity contribution in [2.75, 3.05) is 0 Å². The summed E-state index contributed by atoms with van der Waals surface area (Å²) >= 11 is 3.45. The molecule has 0 nitrogen and oxygen atoms in total. The molecule has 0 saturated carbocycles. The van der Waals surface area contributed by atoms with Crippen molar-refractivity contribution in [2.24, 2.45) is 0 Å². The Bertz CT molecular complexity index is 58.9. The van der Waals surface area contributed by atoms with Gasteiger partial charge in [0.1, 0.15) is 0 Å². The maximum absolute atomic E-state index is 3.73. The molecule has 0 aliphatic carbocycles. The third-order valence-corrected chi connectivity index (χ3v) is 6.35. The minimum Gasteiger partial charge on any atom is -1.00 e. The third-order valence-electron chi connectivity index (χ3n) is 1.53. The van der Waals surface area contributed by atoms with E-state index in [0.29, 0.717) is 0 Å². The van der Waals surface area contributed by atoms with Crippen LogP contribution in [0.3, 0.4) is 0 Å². The van der Waals surface area contributed by atoms with Crippen LogP contribution in [-0.2, 0) is 0 Å². The molecule has 1 aliphatic heterocycles. The third kappa shape index (κ3) is 3.93. The van der Waals surface area contributed by atoms with Gasteiger partial charge in [0.15, 0.2) is 0 Å². The van der Waals surface area contributed by atoms with Crippen LogP contribution in [0, 0.1) is 0 Å². The molecule has 0 aromatic carbocycles. The molecule has 8 heavy (non-hydrogen) atoms. The Morgan fingerprint density at radius 1 is 1.12 bits per heavy atom. The first kappa shape index (κ1) is 10.0. The van der Waals surface area contributed by atoms with Crippen molar-refractivity contribution in [1.82, 2.24) is 0 Å². The van der Waals surface area contributed by atoms with Crippen LogP contribution in [0.15, 0.2) is 0 Å². The predicted octanol–water partition coefficient (Wildman–Crippen LogP) is -0.327. The molecule has 0 aromatic rings. The fourth-order valence-electron chi connectivity index (χ4n) is 1.05. The van der Waals surface area contributed by atoms with Gasteiger partial charge in [0.25, 0.3) is 0 Å². The zero-order valence-corrected chi connectivity index (χ0v) is 10.2.